The minimum absolute atomic E-state index is 0. The van der Waals surface area contributed by atoms with Gasteiger partial charge in [-0.2, -0.15) is 0 Å². The van der Waals surface area contributed by atoms with E-state index in [1.54, 1.807) is 6.20 Å². The van der Waals surface area contributed by atoms with E-state index in [2.05, 4.69) is 15.2 Å². The maximum Gasteiger partial charge on any atom is 0.186 e. The van der Waals surface area contributed by atoms with Crippen LogP contribution in [0.5, 0.6) is 0 Å². The summed E-state index contributed by atoms with van der Waals surface area (Å²) < 4.78 is 0. The second-order valence-electron chi connectivity index (χ2n) is 5.32. The normalized spacial score (nSPS) is 16.3. The molecule has 1 aliphatic heterocycles. The minimum atomic E-state index is -0.326. The van der Waals surface area contributed by atoms with Crippen molar-refractivity contribution >= 4 is 34.7 Å². The summed E-state index contributed by atoms with van der Waals surface area (Å²) in [6, 6.07) is 0. The molecule has 1 N–H and O–H groups in total. The van der Waals surface area contributed by atoms with Gasteiger partial charge in [0.2, 0.25) is 0 Å². The first-order valence-electron chi connectivity index (χ1n) is 5.95. The number of ketones is 1. The first-order valence-corrected chi connectivity index (χ1v) is 6.76. The number of carbonyl (C=O) groups is 1. The van der Waals surface area contributed by atoms with Crippen LogP contribution in [0, 0.1) is 5.41 Å². The predicted molar refractivity (Wildman–Crippen MR) is 78.2 cm³/mol. The second kappa shape index (κ2) is 5.99. The van der Waals surface area contributed by atoms with E-state index < -0.39 is 0 Å². The molecule has 0 amide bonds. The maximum atomic E-state index is 12.1. The molecule has 0 spiro atoms. The van der Waals surface area contributed by atoms with Crippen LogP contribution in [0.2, 0.25) is 0 Å². The quantitative estimate of drug-likeness (QED) is 0.848. The molecule has 0 bridgehead atoms. The molecule has 0 aromatic carbocycles. The number of nitrogens with one attached hydrogen (secondary N) is 1. The predicted octanol–water partition coefficient (Wildman–Crippen LogP) is 2.20. The summed E-state index contributed by atoms with van der Waals surface area (Å²) in [5.74, 6) is 0.177. The van der Waals surface area contributed by atoms with Gasteiger partial charge in [-0.1, -0.05) is 32.1 Å². The van der Waals surface area contributed by atoms with Crippen LogP contribution in [0.1, 0.15) is 30.4 Å². The Labute approximate surface area is 118 Å². The highest BCUT2D eigenvalue weighted by Gasteiger charge is 2.25. The molecule has 18 heavy (non-hydrogen) atoms. The summed E-state index contributed by atoms with van der Waals surface area (Å²) in [5, 5.41) is 4.28. The number of hydrogen-bond acceptors (Lipinski definition) is 5. The lowest BCUT2D eigenvalue weighted by Crippen LogP contribution is -2.43. The van der Waals surface area contributed by atoms with E-state index in [9.17, 15) is 4.79 Å². The van der Waals surface area contributed by atoms with Crippen LogP contribution in [-0.2, 0) is 0 Å². The monoisotopic (exact) mass is 289 g/mol. The molecule has 0 saturated carbocycles. The lowest BCUT2D eigenvalue weighted by molar-refractivity contribution is 0.0862. The summed E-state index contributed by atoms with van der Waals surface area (Å²) in [5.41, 5.74) is -0.326. The fraction of sp³-hybridized carbons (Fsp3) is 0.667. The number of aromatic nitrogens is 1. The average molecular weight is 290 g/mol. The van der Waals surface area contributed by atoms with E-state index in [-0.39, 0.29) is 23.6 Å². The molecule has 0 radical (unpaired) electrons. The summed E-state index contributed by atoms with van der Waals surface area (Å²) in [7, 11) is 0. The number of Topliss-reactive ketones (excluding diaryl/α,β-unsaturated/α-hetero) is 1. The summed E-state index contributed by atoms with van der Waals surface area (Å²) in [6.07, 6.45) is 1.72. The van der Waals surface area contributed by atoms with Crippen LogP contribution in [0.25, 0.3) is 0 Å². The van der Waals surface area contributed by atoms with Crippen LogP contribution in [-0.4, -0.2) is 36.9 Å². The van der Waals surface area contributed by atoms with Gasteiger partial charge < -0.3 is 10.2 Å². The van der Waals surface area contributed by atoms with Crippen molar-refractivity contribution in [1.82, 2.24) is 10.3 Å². The third-order valence-corrected chi connectivity index (χ3v) is 3.84. The van der Waals surface area contributed by atoms with Crippen LogP contribution in [0.15, 0.2) is 6.20 Å². The molecule has 2 heterocycles. The molecule has 2 rings (SSSR count). The van der Waals surface area contributed by atoms with Crippen molar-refractivity contribution in [2.45, 2.75) is 20.8 Å². The standard InChI is InChI=1S/C12H19N3OS.ClH/c1-12(2,3)10(16)9-8-14-11(17-9)15-6-4-13-5-7-15;/h8,13H,4-7H2,1-3H3;1H. The van der Waals surface area contributed by atoms with Crippen LogP contribution in [0.4, 0.5) is 5.13 Å². The van der Waals surface area contributed by atoms with Gasteiger partial charge in [-0.25, -0.2) is 4.98 Å². The molecule has 1 fully saturated rings. The molecule has 1 aliphatic rings. The van der Waals surface area contributed by atoms with Crippen molar-refractivity contribution < 1.29 is 4.79 Å². The van der Waals surface area contributed by atoms with Gasteiger partial charge in [0.25, 0.3) is 0 Å². The Balaban J connectivity index is 0.00000162. The highest BCUT2D eigenvalue weighted by molar-refractivity contribution is 7.17. The van der Waals surface area contributed by atoms with Gasteiger partial charge in [-0.05, 0) is 0 Å². The molecule has 102 valence electrons. The topological polar surface area (TPSA) is 45.2 Å². The Kier molecular flexibility index (Phi) is 5.13. The Morgan fingerprint density at radius 3 is 2.56 bits per heavy atom. The Morgan fingerprint density at radius 2 is 2.00 bits per heavy atom. The number of thiazole rings is 1. The van der Waals surface area contributed by atoms with Crippen molar-refractivity contribution in [1.29, 1.82) is 0 Å². The van der Waals surface area contributed by atoms with E-state index in [0.717, 1.165) is 36.2 Å². The third kappa shape index (κ3) is 3.43. The highest BCUT2D eigenvalue weighted by atomic mass is 35.5. The zero-order chi connectivity index (χ0) is 12.5. The van der Waals surface area contributed by atoms with E-state index in [1.165, 1.54) is 11.3 Å². The minimum Gasteiger partial charge on any atom is -0.346 e. The molecule has 0 aliphatic carbocycles. The van der Waals surface area contributed by atoms with Crippen molar-refractivity contribution in [3.05, 3.63) is 11.1 Å². The Bertz CT molecular complexity index is 408. The zero-order valence-electron chi connectivity index (χ0n) is 11.0. The maximum absolute atomic E-state index is 12.1. The fourth-order valence-electron chi connectivity index (χ4n) is 1.74. The first kappa shape index (κ1) is 15.4. The van der Waals surface area contributed by atoms with Crippen molar-refractivity contribution in [2.24, 2.45) is 5.41 Å². The number of rotatable bonds is 2. The van der Waals surface area contributed by atoms with Crippen molar-refractivity contribution in [3.8, 4) is 0 Å². The van der Waals surface area contributed by atoms with Gasteiger partial charge in [0, 0.05) is 31.6 Å². The lowest BCUT2D eigenvalue weighted by Gasteiger charge is -2.26. The number of hydrogen-bond donors (Lipinski definition) is 1. The SMILES string of the molecule is CC(C)(C)C(=O)c1cnc(N2CCNCC2)s1.Cl. The zero-order valence-corrected chi connectivity index (χ0v) is 12.7. The number of nitrogens with zero attached hydrogens (tertiary/aromatic N) is 2. The van der Waals surface area contributed by atoms with Gasteiger partial charge in [0.05, 0.1) is 11.1 Å². The summed E-state index contributed by atoms with van der Waals surface area (Å²) in [4.78, 5) is 19.5. The molecule has 6 heteroatoms. The van der Waals surface area contributed by atoms with Gasteiger partial charge in [-0.15, -0.1) is 12.4 Å². The van der Waals surface area contributed by atoms with E-state index in [1.807, 2.05) is 20.8 Å². The van der Waals surface area contributed by atoms with Gasteiger partial charge in [-0.3, -0.25) is 4.79 Å². The molecule has 1 aromatic rings. The van der Waals surface area contributed by atoms with E-state index >= 15 is 0 Å². The van der Waals surface area contributed by atoms with E-state index in [4.69, 9.17) is 0 Å². The second-order valence-corrected chi connectivity index (χ2v) is 6.33. The average Bonchev–Trinajstić information content (AvgIpc) is 2.77. The lowest BCUT2D eigenvalue weighted by atomic mass is 9.90. The summed E-state index contributed by atoms with van der Waals surface area (Å²) in [6.45, 7) is 9.75. The van der Waals surface area contributed by atoms with Crippen LogP contribution >= 0.6 is 23.7 Å². The largest absolute Gasteiger partial charge is 0.346 e. The molecule has 4 nitrogen and oxygen atoms in total. The summed E-state index contributed by atoms with van der Waals surface area (Å²) >= 11 is 1.51. The molecule has 1 saturated heterocycles. The Morgan fingerprint density at radius 1 is 1.39 bits per heavy atom. The fourth-order valence-corrected chi connectivity index (χ4v) is 2.86. The Hall–Kier alpha value is -0.650. The van der Waals surface area contributed by atoms with Gasteiger partial charge in [0.15, 0.2) is 10.9 Å². The number of piperazine rings is 1. The molecule has 0 unspecified atom stereocenters. The van der Waals surface area contributed by atoms with E-state index in [0.29, 0.717) is 0 Å². The highest BCUT2D eigenvalue weighted by Crippen LogP contribution is 2.28. The smallest absolute Gasteiger partial charge is 0.186 e. The first-order chi connectivity index (χ1) is 7.98. The van der Waals surface area contributed by atoms with Crippen LogP contribution in [0.3, 0.4) is 0 Å². The number of carbonyl (C=O) groups excluding carboxylic acids is 1. The van der Waals surface area contributed by atoms with Crippen LogP contribution < -0.4 is 10.2 Å². The third-order valence-electron chi connectivity index (χ3n) is 2.79. The van der Waals surface area contributed by atoms with Crippen molar-refractivity contribution in [3.63, 3.8) is 0 Å². The molecular weight excluding hydrogens is 270 g/mol. The number of halogens is 1. The molecule has 1 aromatic heterocycles. The number of anilines is 1. The van der Waals surface area contributed by atoms with Gasteiger partial charge in [0.1, 0.15) is 0 Å². The van der Waals surface area contributed by atoms with Gasteiger partial charge >= 0.3 is 0 Å². The molecule has 0 atom stereocenters. The van der Waals surface area contributed by atoms with Crippen molar-refractivity contribution in [2.75, 3.05) is 31.1 Å². The molecular formula is C12H20ClN3OS.